The normalized spacial score (nSPS) is 13.1. The van der Waals surface area contributed by atoms with E-state index in [1.54, 1.807) is 0 Å². The zero-order chi connectivity index (χ0) is 9.02. The van der Waals surface area contributed by atoms with E-state index >= 15 is 0 Å². The third kappa shape index (κ3) is 6.87. The van der Waals surface area contributed by atoms with Gasteiger partial charge in [0.1, 0.15) is 12.2 Å². The number of carboxylic acids is 2. The Bertz CT molecular complexity index is 172. The molecule has 0 radical (unpaired) electrons. The molecule has 8 heteroatoms. The number of carbonyl (C=O) groups excluding carboxylic acids is 2. The van der Waals surface area contributed by atoms with Gasteiger partial charge in [-0.15, -0.1) is 0 Å². The Kier molecular flexibility index (Phi) is 14.1. The van der Waals surface area contributed by atoms with E-state index in [0.29, 0.717) is 0 Å². The van der Waals surface area contributed by atoms with Gasteiger partial charge in [0.15, 0.2) is 0 Å². The molecule has 0 aromatic heterocycles. The number of rotatable bonds is 4. The molecule has 0 heterocycles. The summed E-state index contributed by atoms with van der Waals surface area (Å²) in [7, 11) is 0.937. The van der Waals surface area contributed by atoms with E-state index in [1.807, 2.05) is 0 Å². The molecule has 0 spiro atoms. The molecule has 0 rings (SSSR count). The topological polar surface area (TPSA) is 110 Å². The van der Waals surface area contributed by atoms with E-state index in [0.717, 1.165) is 7.11 Å². The maximum atomic E-state index is 9.99. The molecule has 0 aromatic carbocycles. The summed E-state index contributed by atoms with van der Waals surface area (Å²) in [6, 6.07) is 0. The van der Waals surface area contributed by atoms with Crippen molar-refractivity contribution in [3.05, 3.63) is 0 Å². The molecule has 0 aromatic rings. The van der Waals surface area contributed by atoms with Crippen molar-refractivity contribution in [2.75, 3.05) is 7.11 Å². The monoisotopic (exact) mass is 208 g/mol. The molecule has 13 heavy (non-hydrogen) atoms. The number of ether oxygens (including phenoxy) is 1. The van der Waals surface area contributed by atoms with Crippen LogP contribution >= 0.6 is 0 Å². The van der Waals surface area contributed by atoms with Crippen molar-refractivity contribution in [3.8, 4) is 0 Å². The van der Waals surface area contributed by atoms with Crippen molar-refractivity contribution >= 4 is 11.9 Å². The van der Waals surface area contributed by atoms with Gasteiger partial charge < -0.3 is 29.6 Å². The van der Waals surface area contributed by atoms with E-state index in [4.69, 9.17) is 5.11 Å². The molecule has 0 saturated heterocycles. The van der Waals surface area contributed by atoms with Gasteiger partial charge >= 0.3 is 59.1 Å². The third-order valence-electron chi connectivity index (χ3n) is 1.01. The molecular weight excluding hydrogens is 202 g/mol. The molecule has 0 amide bonds. The van der Waals surface area contributed by atoms with Crippen LogP contribution in [-0.4, -0.2) is 36.4 Å². The molecule has 0 unspecified atom stereocenters. The van der Waals surface area contributed by atoms with Crippen LogP contribution in [-0.2, 0) is 14.3 Å². The minimum atomic E-state index is -2.20. The minimum absolute atomic E-state index is 0. The number of methoxy groups -OCH3 is 1. The number of hydrogen-bond acceptors (Lipinski definition) is 6. The molecule has 0 bridgehead atoms. The number of aliphatic hydroxyl groups excluding tert-OH is 1. The molecule has 64 valence electrons. The van der Waals surface area contributed by atoms with Gasteiger partial charge in [-0.3, -0.25) is 0 Å². The first-order chi connectivity index (χ1) is 5.00. The van der Waals surface area contributed by atoms with Crippen LogP contribution in [0.15, 0.2) is 0 Å². The summed E-state index contributed by atoms with van der Waals surface area (Å²) >= 11 is 0. The van der Waals surface area contributed by atoms with E-state index in [-0.39, 0.29) is 59.1 Å². The summed E-state index contributed by atoms with van der Waals surface area (Å²) < 4.78 is 4.10. The van der Waals surface area contributed by atoms with Gasteiger partial charge in [-0.2, -0.15) is 0 Å². The van der Waals surface area contributed by atoms with Crippen LogP contribution in [0.25, 0.3) is 0 Å². The molecule has 0 fully saturated rings. The van der Waals surface area contributed by atoms with E-state index < -0.39 is 24.1 Å². The number of aliphatic hydroxyl groups is 1. The smallest absolute Gasteiger partial charge is 0.547 e. The summed E-state index contributed by atoms with van der Waals surface area (Å²) in [5.41, 5.74) is 0. The third-order valence-corrected chi connectivity index (χ3v) is 1.01. The van der Waals surface area contributed by atoms with Gasteiger partial charge in [0.2, 0.25) is 0 Å². The van der Waals surface area contributed by atoms with Crippen LogP contribution < -0.4 is 69.3 Å². The van der Waals surface area contributed by atoms with E-state index in [9.17, 15) is 19.8 Å². The Labute approximate surface area is 119 Å². The second-order valence-corrected chi connectivity index (χ2v) is 1.74. The van der Waals surface area contributed by atoms with Gasteiger partial charge in [0, 0.05) is 7.11 Å². The van der Waals surface area contributed by atoms with Gasteiger partial charge in [0.25, 0.3) is 0 Å². The van der Waals surface area contributed by atoms with Gasteiger partial charge in [-0.25, -0.2) is 0 Å². The van der Waals surface area contributed by atoms with Crippen LogP contribution in [0.3, 0.4) is 0 Å². The average molecular weight is 208 g/mol. The standard InChI is InChI=1S/C5H8O6.2Na/c1-11-3(5(9)10)2(6)4(7)8;;/h2-3,6H,1H3,(H,7,8)(H,9,10);;/q;2*+1/p-2/t2-,3+;;/m1../s1. The van der Waals surface area contributed by atoms with Crippen molar-refractivity contribution in [1.29, 1.82) is 0 Å². The molecule has 1 N–H and O–H groups in total. The first-order valence-corrected chi connectivity index (χ1v) is 2.63. The maximum absolute atomic E-state index is 9.99. The number of carbonyl (C=O) groups is 2. The van der Waals surface area contributed by atoms with E-state index in [2.05, 4.69) is 4.74 Å². The van der Waals surface area contributed by atoms with Crippen molar-refractivity contribution < 1.29 is 88.8 Å². The Hall–Kier alpha value is 0.860. The number of aliphatic carboxylic acids is 2. The largest absolute Gasteiger partial charge is 1.00 e. The first-order valence-electron chi connectivity index (χ1n) is 2.63. The number of carboxylic acid groups (broad SMARTS) is 2. The fourth-order valence-corrected chi connectivity index (χ4v) is 0.478. The molecule has 0 aliphatic rings. The molecule has 0 saturated carbocycles. The Morgan fingerprint density at radius 2 is 1.62 bits per heavy atom. The van der Waals surface area contributed by atoms with Crippen LogP contribution in [0.1, 0.15) is 0 Å². The van der Waals surface area contributed by atoms with Gasteiger partial charge in [0.05, 0.1) is 11.9 Å². The molecular formula is C5H6Na2O6. The summed E-state index contributed by atoms with van der Waals surface area (Å²) in [4.78, 5) is 19.9. The molecule has 2 atom stereocenters. The SMILES string of the molecule is CO[C@H](C(=O)[O-])[C@@H](O)C(=O)[O-].[Na+].[Na+]. The van der Waals surface area contributed by atoms with Crippen LogP contribution in [0.5, 0.6) is 0 Å². The van der Waals surface area contributed by atoms with Gasteiger partial charge in [-0.05, 0) is 0 Å². The summed E-state index contributed by atoms with van der Waals surface area (Å²) in [6.07, 6.45) is -4.09. The zero-order valence-electron chi connectivity index (χ0n) is 7.64. The fraction of sp³-hybridized carbons (Fsp3) is 0.600. The summed E-state index contributed by atoms with van der Waals surface area (Å²) in [6.45, 7) is 0. The maximum Gasteiger partial charge on any atom is 1.00 e. The number of hydrogen-bond donors (Lipinski definition) is 1. The molecule has 0 aliphatic carbocycles. The van der Waals surface area contributed by atoms with Crippen molar-refractivity contribution in [1.82, 2.24) is 0 Å². The van der Waals surface area contributed by atoms with Crippen molar-refractivity contribution in [2.24, 2.45) is 0 Å². The average Bonchev–Trinajstić information content (AvgIpc) is 1.88. The van der Waals surface area contributed by atoms with Crippen LogP contribution in [0, 0.1) is 0 Å². The Balaban J connectivity index is -0.000000500. The first kappa shape index (κ1) is 19.4. The van der Waals surface area contributed by atoms with Gasteiger partial charge in [-0.1, -0.05) is 0 Å². The van der Waals surface area contributed by atoms with Crippen LogP contribution in [0.2, 0.25) is 0 Å². The molecule has 0 aliphatic heterocycles. The fourth-order valence-electron chi connectivity index (χ4n) is 0.478. The quantitative estimate of drug-likeness (QED) is 0.459. The summed E-state index contributed by atoms with van der Waals surface area (Å²) in [5.74, 6) is -3.72. The predicted octanol–water partition coefficient (Wildman–Crippen LogP) is -10.1. The predicted molar refractivity (Wildman–Crippen MR) is 26.8 cm³/mol. The summed E-state index contributed by atoms with van der Waals surface area (Å²) in [5, 5.41) is 28.4. The Morgan fingerprint density at radius 1 is 1.23 bits per heavy atom. The Morgan fingerprint density at radius 3 is 1.69 bits per heavy atom. The van der Waals surface area contributed by atoms with Crippen molar-refractivity contribution in [3.63, 3.8) is 0 Å². The zero-order valence-corrected chi connectivity index (χ0v) is 11.6. The minimum Gasteiger partial charge on any atom is -0.547 e. The molecule has 6 nitrogen and oxygen atoms in total. The second-order valence-electron chi connectivity index (χ2n) is 1.74. The van der Waals surface area contributed by atoms with E-state index in [1.165, 1.54) is 0 Å². The van der Waals surface area contributed by atoms with Crippen LogP contribution in [0.4, 0.5) is 0 Å². The van der Waals surface area contributed by atoms with Crippen molar-refractivity contribution in [2.45, 2.75) is 12.2 Å². The second kappa shape index (κ2) is 9.42.